The van der Waals surface area contributed by atoms with Gasteiger partial charge in [-0.3, -0.25) is 4.79 Å². The molecule has 0 amide bonds. The Morgan fingerprint density at radius 2 is 1.30 bits per heavy atom. The molecule has 17 atom stereocenters. The van der Waals surface area contributed by atoms with Gasteiger partial charge in [-0.25, -0.2) is 0 Å². The second kappa shape index (κ2) is 23.4. The Bertz CT molecular complexity index is 1780. The van der Waals surface area contributed by atoms with Gasteiger partial charge in [-0.2, -0.15) is 0 Å². The van der Waals surface area contributed by atoms with Gasteiger partial charge in [0.25, 0.3) is 0 Å². The number of aliphatic hydroxyl groups excluding tert-OH is 1. The fourth-order valence-corrected chi connectivity index (χ4v) is 13.3. The van der Waals surface area contributed by atoms with Crippen molar-refractivity contribution in [3.8, 4) is 0 Å². The van der Waals surface area contributed by atoms with E-state index >= 15 is 0 Å². The number of likely N-dealkylation sites (N-methyl/N-ethyl adjacent to an activating group) is 1. The normalized spacial score (nSPS) is 39.2. The molecule has 0 aromatic heterocycles. The van der Waals surface area contributed by atoms with Crippen molar-refractivity contribution in [2.24, 2.45) is 11.8 Å². The molecule has 0 aromatic carbocycles. The summed E-state index contributed by atoms with van der Waals surface area (Å²) in [6.45, 7) is 42.2. The number of carbonyl (C=O) groups is 1. The fraction of sp³-hybridized carbons (Fsp3) is 0.906. The van der Waals surface area contributed by atoms with Gasteiger partial charge in [0.15, 0.2) is 43.6 Å². The van der Waals surface area contributed by atoms with Crippen LogP contribution in [0.2, 0.25) is 54.4 Å². The van der Waals surface area contributed by atoms with E-state index in [1.807, 2.05) is 32.1 Å². The number of nitrogens with zero attached hydrogens (tertiary/aromatic N) is 1. The predicted octanol–water partition coefficient (Wildman–Crippen LogP) is 10.1. The van der Waals surface area contributed by atoms with Gasteiger partial charge in [0.1, 0.15) is 36.7 Å². The number of quaternary nitrogens is 1. The van der Waals surface area contributed by atoms with Crippen LogP contribution in [-0.2, 0) is 51.2 Å². The molecule has 4 rings (SSSR count). The molecule has 4 aliphatic rings. The summed E-state index contributed by atoms with van der Waals surface area (Å²) in [6, 6.07) is -0.929. The first-order valence-electron chi connectivity index (χ1n) is 26.4. The van der Waals surface area contributed by atoms with Gasteiger partial charge in [0.05, 0.1) is 56.6 Å². The lowest BCUT2D eigenvalue weighted by atomic mass is 9.83. The zero-order chi connectivity index (χ0) is 54.2. The number of hydroxylamine groups is 3. The number of esters is 1. The van der Waals surface area contributed by atoms with E-state index in [9.17, 15) is 20.2 Å². The summed E-state index contributed by atoms with van der Waals surface area (Å²) in [4.78, 5) is 14.1. The second-order valence-electron chi connectivity index (χ2n) is 26.7. The molecule has 15 nitrogen and oxygen atoms in total. The van der Waals surface area contributed by atoms with Crippen molar-refractivity contribution in [3.05, 3.63) is 29.5 Å². The van der Waals surface area contributed by atoms with Crippen LogP contribution < -0.4 is 0 Å². The molecule has 71 heavy (non-hydrogen) atoms. The summed E-state index contributed by atoms with van der Waals surface area (Å²) in [6.07, 6.45) is -0.950. The molecule has 0 radical (unpaired) electrons. The van der Waals surface area contributed by atoms with Crippen molar-refractivity contribution in [3.63, 3.8) is 0 Å². The number of ether oxygens (including phenoxy) is 7. The van der Waals surface area contributed by atoms with Crippen molar-refractivity contribution in [1.82, 2.24) is 0 Å². The van der Waals surface area contributed by atoms with Crippen LogP contribution >= 0.6 is 0 Å². The molecule has 2 N–H and O–H groups in total. The summed E-state index contributed by atoms with van der Waals surface area (Å²) in [5.41, 5.74) is -1.50. The van der Waals surface area contributed by atoms with Crippen molar-refractivity contribution in [2.75, 3.05) is 21.2 Å². The lowest BCUT2D eigenvalue weighted by Gasteiger charge is -2.56. The topological polar surface area (TPSA) is 173 Å². The first kappa shape index (κ1) is 62.6. The summed E-state index contributed by atoms with van der Waals surface area (Å²) in [5.74, 6) is -0.809. The van der Waals surface area contributed by atoms with Gasteiger partial charge in [0.2, 0.25) is 0 Å². The van der Waals surface area contributed by atoms with E-state index in [1.165, 1.54) is 0 Å². The maximum atomic E-state index is 15.0. The number of carbonyl (C=O) groups excluding carboxylic acids is 1. The minimum Gasteiger partial charge on any atom is -0.633 e. The van der Waals surface area contributed by atoms with Gasteiger partial charge in [-0.05, 0) is 100 Å². The number of methoxy groups -OCH3 is 1. The highest BCUT2D eigenvalue weighted by atomic mass is 28.4. The van der Waals surface area contributed by atoms with Crippen LogP contribution in [0.15, 0.2) is 24.3 Å². The molecular formula is C53H101NO14Si3. The quantitative estimate of drug-likeness (QED) is 0.0818. The average Bonchev–Trinajstić information content (AvgIpc) is 3.30. The molecule has 1 unspecified atom stereocenters. The molecule has 0 aromatic rings. The first-order chi connectivity index (χ1) is 32.1. The third-order valence-corrected chi connectivity index (χ3v) is 30.4. The maximum absolute atomic E-state index is 15.0. The van der Waals surface area contributed by atoms with Crippen molar-refractivity contribution >= 4 is 30.9 Å². The lowest BCUT2D eigenvalue weighted by molar-refractivity contribution is -0.879. The van der Waals surface area contributed by atoms with Gasteiger partial charge < -0.3 is 66.5 Å². The Morgan fingerprint density at radius 3 is 1.83 bits per heavy atom. The van der Waals surface area contributed by atoms with Crippen LogP contribution in [0.4, 0.5) is 0 Å². The number of hydrogen-bond donors (Lipinski definition) is 2. The van der Waals surface area contributed by atoms with E-state index in [1.54, 1.807) is 35.1 Å². The molecule has 4 aliphatic heterocycles. The monoisotopic (exact) mass is 1060 g/mol. The summed E-state index contributed by atoms with van der Waals surface area (Å²) >= 11 is 0. The van der Waals surface area contributed by atoms with E-state index < -0.39 is 121 Å². The number of fused-ring (bicyclic) bond motifs is 3. The maximum Gasteiger partial charge on any atom is 0.308 e. The largest absolute Gasteiger partial charge is 0.633 e. The molecular weight excluding hydrogens is 959 g/mol. The Morgan fingerprint density at radius 1 is 0.732 bits per heavy atom. The van der Waals surface area contributed by atoms with E-state index in [2.05, 4.69) is 115 Å². The van der Waals surface area contributed by atoms with Gasteiger partial charge in [-0.1, -0.05) is 93.5 Å². The van der Waals surface area contributed by atoms with E-state index in [0.29, 0.717) is 19.3 Å². The Balaban J connectivity index is 1.98. The van der Waals surface area contributed by atoms with Crippen molar-refractivity contribution in [1.29, 1.82) is 0 Å². The van der Waals surface area contributed by atoms with Crippen molar-refractivity contribution in [2.45, 2.75) is 275 Å². The third-order valence-electron chi connectivity index (χ3n) is 17.0. The van der Waals surface area contributed by atoms with Gasteiger partial charge in [-0.15, -0.1) is 0 Å². The molecule has 414 valence electrons. The molecule has 0 aliphatic carbocycles. The standard InChI is InChI=1S/C53H101NO14Si3/c1-33-29-37-30-41(67-70(20,21)51(8,9)10)63-39(31-40(55)60-34(2)27-25-24-26-28-38(33)66-69(18,19)50(5,6)7)46(59-17)45(37)65-49-47(68-71(22,23)52(11,12)13)43(54(15,16)58)44(35(3)62-49)64-42-32-53(14,57)48(56)36(4)61-42/h24-26,28,33-39,41-49,56-57H,27,29-32H2,1-23H3/b25-24+,28-26+/t33-,34-,35+,36-,37-,38+,39-,41?,42-,43-,44+,45+,46+,47+,48-,49-,53+/m1/s1. The Labute approximate surface area is 432 Å². The number of aliphatic hydroxyl groups is 2. The molecule has 0 saturated carbocycles. The zero-order valence-corrected chi connectivity index (χ0v) is 51.3. The van der Waals surface area contributed by atoms with E-state index in [4.69, 9.17) is 46.4 Å². The molecule has 3 fully saturated rings. The third kappa shape index (κ3) is 15.8. The summed E-state index contributed by atoms with van der Waals surface area (Å²) in [7, 11) is -2.77. The molecule has 4 heterocycles. The van der Waals surface area contributed by atoms with Crippen LogP contribution in [0.3, 0.4) is 0 Å². The number of cyclic esters (lactones) is 1. The highest BCUT2D eigenvalue weighted by molar-refractivity contribution is 6.75. The molecule has 3 saturated heterocycles. The van der Waals surface area contributed by atoms with E-state index in [-0.39, 0.29) is 45.9 Å². The van der Waals surface area contributed by atoms with Crippen LogP contribution in [-0.4, -0.2) is 159 Å². The van der Waals surface area contributed by atoms with Crippen LogP contribution in [0.1, 0.15) is 129 Å². The van der Waals surface area contributed by atoms with Gasteiger partial charge in [0, 0.05) is 26.4 Å². The van der Waals surface area contributed by atoms with Crippen LogP contribution in [0.25, 0.3) is 0 Å². The smallest absolute Gasteiger partial charge is 0.308 e. The average molecular weight is 1060 g/mol. The molecule has 2 bridgehead atoms. The summed E-state index contributed by atoms with van der Waals surface area (Å²) < 4.78 is 68.2. The summed E-state index contributed by atoms with van der Waals surface area (Å²) in [5, 5.41) is 36.5. The number of rotatable bonds is 12. The number of allylic oxidation sites excluding steroid dienone is 2. The number of hydrogen-bond acceptors (Lipinski definition) is 14. The highest BCUT2D eigenvalue weighted by Gasteiger charge is 2.59. The van der Waals surface area contributed by atoms with Crippen LogP contribution in [0, 0.1) is 17.0 Å². The highest BCUT2D eigenvalue weighted by Crippen LogP contribution is 2.47. The van der Waals surface area contributed by atoms with Gasteiger partial charge >= 0.3 is 5.97 Å². The zero-order valence-electron chi connectivity index (χ0n) is 48.3. The van der Waals surface area contributed by atoms with Crippen molar-refractivity contribution < 1.29 is 66.1 Å². The minimum absolute atomic E-state index is 0.0296. The Kier molecular flexibility index (Phi) is 20.6. The second-order valence-corrected chi connectivity index (χ2v) is 41.0. The Hall–Kier alpha value is -0.919. The lowest BCUT2D eigenvalue weighted by Crippen LogP contribution is -2.71. The first-order valence-corrected chi connectivity index (χ1v) is 35.2. The van der Waals surface area contributed by atoms with E-state index in [0.717, 1.165) is 0 Å². The van der Waals surface area contributed by atoms with Crippen LogP contribution in [0.5, 0.6) is 0 Å². The molecule has 0 spiro atoms. The predicted molar refractivity (Wildman–Crippen MR) is 286 cm³/mol. The SMILES string of the molecule is CO[C@@H]1[C@@H](O[C@H]2O[C@@H](C)[C@H](O[C@@H]3C[C@](C)(O)[C@H](O)[C@@H](C)O3)[C@@H]([N+](C)(C)[O-])[C@@H]2O[Si](C)(C)C(C)(C)C)[C@H]2CC(O[Si](C)(C)C(C)(C)C)O[C@@H]1CC(=O)O[C@H](C)C/C=C/C=C/[C@H](O[Si](C)(C)C(C)(C)C)[C@H](C)C2. The minimum atomic E-state index is -2.74. The fourth-order valence-electron chi connectivity index (χ4n) is 9.50. The molecule has 18 heteroatoms.